The van der Waals surface area contributed by atoms with E-state index in [9.17, 15) is 18.3 Å². The molecule has 8 nitrogen and oxygen atoms in total. The predicted octanol–water partition coefficient (Wildman–Crippen LogP) is 0.693. The Morgan fingerprint density at radius 1 is 1.35 bits per heavy atom. The Labute approximate surface area is 137 Å². The smallest absolute Gasteiger partial charge is 0.322 e. The van der Waals surface area contributed by atoms with Crippen molar-refractivity contribution in [2.45, 2.75) is 11.1 Å². The van der Waals surface area contributed by atoms with Gasteiger partial charge < -0.3 is 15.3 Å². The molecule has 3 rings (SSSR count). The molecule has 0 saturated carbocycles. The largest absolute Gasteiger partial charge is 0.480 e. The normalized spacial score (nSPS) is 19.1. The number of aromatic nitrogens is 1. The summed E-state index contributed by atoms with van der Waals surface area (Å²) < 4.78 is 26.5. The summed E-state index contributed by atoms with van der Waals surface area (Å²) in [5.74, 6) is 3.26. The average Bonchev–Trinajstić information content (AvgIpc) is 3.01. The first kappa shape index (κ1) is 17.8. The lowest BCUT2D eigenvalue weighted by molar-refractivity contribution is -0.140. The van der Waals surface area contributed by atoms with Crippen molar-refractivity contribution in [3.05, 3.63) is 30.3 Å². The molecule has 1 atom stereocenters. The van der Waals surface area contributed by atoms with E-state index < -0.39 is 22.0 Å². The molecule has 10 heteroatoms. The molecule has 1 saturated heterocycles. The molecule has 1 aliphatic heterocycles. The molecule has 0 radical (unpaired) electrons. The maximum absolute atomic E-state index is 12.7. The Bertz CT molecular complexity index is 757. The van der Waals surface area contributed by atoms with Gasteiger partial charge in [0.05, 0.1) is 0 Å². The molecule has 1 fully saturated rings. The van der Waals surface area contributed by atoms with E-state index in [1.54, 1.807) is 12.1 Å². The predicted molar refractivity (Wildman–Crippen MR) is 86.9 cm³/mol. The highest BCUT2D eigenvalue weighted by Gasteiger charge is 2.38. The van der Waals surface area contributed by atoms with Crippen molar-refractivity contribution in [3.63, 3.8) is 0 Å². The molecule has 0 spiro atoms. The summed E-state index contributed by atoms with van der Waals surface area (Å²) in [5.41, 5.74) is 0.717. The van der Waals surface area contributed by atoms with E-state index in [4.69, 9.17) is 5.21 Å². The quantitative estimate of drug-likeness (QED) is 0.592. The van der Waals surface area contributed by atoms with Crippen LogP contribution in [0.1, 0.15) is 0 Å². The van der Waals surface area contributed by atoms with E-state index in [1.165, 1.54) is 11.8 Å². The number of thioether (sulfide) groups is 1. The van der Waals surface area contributed by atoms with Gasteiger partial charge in [-0.1, -0.05) is 18.2 Å². The molecular formula is C13H17N3O5S2. The van der Waals surface area contributed by atoms with Crippen LogP contribution in [0.4, 0.5) is 0 Å². The average molecular weight is 359 g/mol. The van der Waals surface area contributed by atoms with Crippen molar-refractivity contribution in [2.75, 3.05) is 18.1 Å². The highest BCUT2D eigenvalue weighted by molar-refractivity contribution is 7.99. The summed E-state index contributed by atoms with van der Waals surface area (Å²) in [6, 6.07) is 7.77. The molecule has 0 aliphatic carbocycles. The van der Waals surface area contributed by atoms with Gasteiger partial charge >= 0.3 is 5.97 Å². The number of nitrogens with two attached hydrogens (primary N) is 1. The molecule has 23 heavy (non-hydrogen) atoms. The van der Waals surface area contributed by atoms with Crippen LogP contribution >= 0.6 is 11.8 Å². The van der Waals surface area contributed by atoms with Crippen LogP contribution in [0.25, 0.3) is 10.9 Å². The van der Waals surface area contributed by atoms with Crippen molar-refractivity contribution in [2.24, 2.45) is 5.90 Å². The Morgan fingerprint density at radius 3 is 2.70 bits per heavy atom. The van der Waals surface area contributed by atoms with Gasteiger partial charge in [-0.2, -0.15) is 16.1 Å². The number of carboxylic acids is 1. The number of aromatic amines is 1. The summed E-state index contributed by atoms with van der Waals surface area (Å²) in [6.45, 7) is 0.208. The highest BCUT2D eigenvalue weighted by atomic mass is 32.2. The van der Waals surface area contributed by atoms with E-state index in [0.717, 1.165) is 9.69 Å². The number of carboxylic acid groups (broad SMARTS) is 1. The Kier molecular flexibility index (Phi) is 5.65. The van der Waals surface area contributed by atoms with Gasteiger partial charge in [-0.15, -0.1) is 0 Å². The monoisotopic (exact) mass is 359 g/mol. The van der Waals surface area contributed by atoms with Crippen LogP contribution in [0.3, 0.4) is 0 Å². The zero-order valence-corrected chi connectivity index (χ0v) is 13.7. The van der Waals surface area contributed by atoms with E-state index in [-0.39, 0.29) is 17.3 Å². The van der Waals surface area contributed by atoms with Crippen LogP contribution in [0.15, 0.2) is 35.4 Å². The van der Waals surface area contributed by atoms with Gasteiger partial charge in [-0.3, -0.25) is 4.79 Å². The molecule has 2 aromatic rings. The van der Waals surface area contributed by atoms with Gasteiger partial charge in [-0.25, -0.2) is 14.3 Å². The number of benzene rings is 1. The van der Waals surface area contributed by atoms with Crippen molar-refractivity contribution >= 4 is 38.7 Å². The zero-order chi connectivity index (χ0) is 17.0. The number of rotatable bonds is 3. The van der Waals surface area contributed by atoms with E-state index in [2.05, 4.69) is 10.9 Å². The summed E-state index contributed by atoms with van der Waals surface area (Å²) in [4.78, 5) is 14.1. The third-order valence-corrected chi connectivity index (χ3v) is 6.31. The molecular weight excluding hydrogens is 342 g/mol. The second kappa shape index (κ2) is 7.32. The first-order chi connectivity index (χ1) is 11.0. The third-order valence-electron chi connectivity index (χ3n) is 3.46. The van der Waals surface area contributed by atoms with Crippen LogP contribution < -0.4 is 5.90 Å². The lowest BCUT2D eigenvalue weighted by Crippen LogP contribution is -2.50. The van der Waals surface area contributed by atoms with Gasteiger partial charge in [0.25, 0.3) is 10.0 Å². The molecule has 0 amide bonds. The van der Waals surface area contributed by atoms with Gasteiger partial charge in [0, 0.05) is 29.0 Å². The van der Waals surface area contributed by atoms with Gasteiger partial charge in [0.2, 0.25) is 0 Å². The van der Waals surface area contributed by atoms with E-state index >= 15 is 0 Å². The minimum atomic E-state index is -3.83. The van der Waals surface area contributed by atoms with Gasteiger partial charge in [0.15, 0.2) is 0 Å². The molecule has 2 heterocycles. The zero-order valence-electron chi connectivity index (χ0n) is 12.0. The second-order valence-electron chi connectivity index (χ2n) is 4.77. The van der Waals surface area contributed by atoms with Crippen molar-refractivity contribution in [1.82, 2.24) is 9.29 Å². The maximum Gasteiger partial charge on any atom is 0.322 e. The number of hydrogen-bond acceptors (Lipinski definition) is 6. The van der Waals surface area contributed by atoms with Gasteiger partial charge in [-0.05, 0) is 12.1 Å². The SMILES string of the molecule is NO.O=C(O)C1CSCCN1S(=O)(=O)c1cc2ccccc2[nH]1. The third kappa shape index (κ3) is 3.51. The first-order valence-electron chi connectivity index (χ1n) is 6.66. The number of fused-ring (bicyclic) bond motifs is 1. The minimum Gasteiger partial charge on any atom is -0.480 e. The maximum atomic E-state index is 12.7. The van der Waals surface area contributed by atoms with E-state index in [0.29, 0.717) is 11.3 Å². The number of carbonyl (C=O) groups is 1. The summed E-state index contributed by atoms with van der Waals surface area (Å²) in [6.07, 6.45) is 0. The second-order valence-corrected chi connectivity index (χ2v) is 7.77. The van der Waals surface area contributed by atoms with Crippen LogP contribution in [-0.4, -0.2) is 58.1 Å². The van der Waals surface area contributed by atoms with Crippen molar-refractivity contribution < 1.29 is 23.5 Å². The molecule has 1 aromatic heterocycles. The number of sulfonamides is 1. The minimum absolute atomic E-state index is 0.0434. The van der Waals surface area contributed by atoms with Crippen LogP contribution in [0.2, 0.25) is 0 Å². The number of nitrogens with zero attached hydrogens (tertiary/aromatic N) is 1. The lowest BCUT2D eigenvalue weighted by atomic mass is 10.3. The van der Waals surface area contributed by atoms with Gasteiger partial charge in [0.1, 0.15) is 11.1 Å². The van der Waals surface area contributed by atoms with Crippen LogP contribution in [0.5, 0.6) is 0 Å². The number of aliphatic carboxylic acids is 1. The molecule has 1 aromatic carbocycles. The number of para-hydroxylation sites is 1. The van der Waals surface area contributed by atoms with Crippen LogP contribution in [0, 0.1) is 0 Å². The number of hydrogen-bond donors (Lipinski definition) is 4. The van der Waals surface area contributed by atoms with E-state index in [1.807, 2.05) is 18.2 Å². The van der Waals surface area contributed by atoms with Crippen molar-refractivity contribution in [1.29, 1.82) is 0 Å². The first-order valence-corrected chi connectivity index (χ1v) is 9.25. The fourth-order valence-electron chi connectivity index (χ4n) is 2.38. The summed E-state index contributed by atoms with van der Waals surface area (Å²) >= 11 is 1.45. The standard InChI is InChI=1S/C13H14N2O4S2.H3NO/c16-13(17)11-8-20-6-5-15(11)21(18,19)12-7-9-3-1-2-4-10(9)14-12;1-2/h1-4,7,11,14H,5-6,8H2,(H,16,17);2H,1H2. The lowest BCUT2D eigenvalue weighted by Gasteiger charge is -2.30. The molecule has 126 valence electrons. The van der Waals surface area contributed by atoms with Crippen LogP contribution in [-0.2, 0) is 14.8 Å². The Balaban J connectivity index is 0.000000924. The Hall–Kier alpha value is -1.59. The number of H-pyrrole nitrogens is 1. The number of nitrogens with one attached hydrogen (secondary N) is 1. The Morgan fingerprint density at radius 2 is 2.04 bits per heavy atom. The summed E-state index contributed by atoms with van der Waals surface area (Å²) in [7, 11) is -3.83. The molecule has 5 N–H and O–H groups in total. The van der Waals surface area contributed by atoms with Crippen molar-refractivity contribution in [3.8, 4) is 0 Å². The molecule has 0 bridgehead atoms. The molecule has 1 unspecified atom stereocenters. The fraction of sp³-hybridized carbons (Fsp3) is 0.308. The highest BCUT2D eigenvalue weighted by Crippen LogP contribution is 2.26. The summed E-state index contributed by atoms with van der Waals surface area (Å²) in [5, 5.41) is 16.6. The molecule has 1 aliphatic rings. The fourth-order valence-corrected chi connectivity index (χ4v) is 5.23. The topological polar surface area (TPSA) is 137 Å².